The van der Waals surface area contributed by atoms with Crippen LogP contribution in [-0.2, 0) is 27.8 Å². The predicted molar refractivity (Wildman–Crippen MR) is 116 cm³/mol. The largest absolute Gasteiger partial charge is 0.465 e. The molecule has 5 heteroatoms. The first kappa shape index (κ1) is 19.3. The van der Waals surface area contributed by atoms with Gasteiger partial charge in [-0.05, 0) is 48.6 Å². The third-order valence-corrected chi connectivity index (χ3v) is 5.73. The summed E-state index contributed by atoms with van der Waals surface area (Å²) in [5.74, 6) is -0.213. The Labute approximate surface area is 174 Å². The number of hydrogen-bond donors (Lipinski definition) is 0. The molecule has 0 spiro atoms. The quantitative estimate of drug-likeness (QED) is 0.409. The lowest BCUT2D eigenvalue weighted by Crippen LogP contribution is -2.42. The molecule has 4 nitrogen and oxygen atoms in total. The third-order valence-electron chi connectivity index (χ3n) is 5.17. The van der Waals surface area contributed by atoms with Crippen LogP contribution in [0.1, 0.15) is 23.6 Å². The van der Waals surface area contributed by atoms with Gasteiger partial charge in [0.1, 0.15) is 16.4 Å². The minimum absolute atomic E-state index is 0.213. The third kappa shape index (κ3) is 4.05. The van der Waals surface area contributed by atoms with Crippen molar-refractivity contribution in [3.63, 3.8) is 0 Å². The fourth-order valence-corrected chi connectivity index (χ4v) is 4.28. The monoisotopic (exact) mass is 402 g/mol. The van der Waals surface area contributed by atoms with Gasteiger partial charge in [-0.25, -0.2) is 0 Å². The summed E-state index contributed by atoms with van der Waals surface area (Å²) in [5.41, 5.74) is 3.89. The van der Waals surface area contributed by atoms with Crippen molar-refractivity contribution >= 4 is 28.7 Å². The zero-order valence-corrected chi connectivity index (χ0v) is 17.1. The minimum Gasteiger partial charge on any atom is -0.465 e. The lowest BCUT2D eigenvalue weighted by Gasteiger charge is -2.32. The number of carbonyl (C=O) groups is 1. The Hall–Kier alpha value is -3.05. The molecule has 4 aromatic rings. The average Bonchev–Trinajstić information content (AvgIpc) is 3.23. The van der Waals surface area contributed by atoms with Gasteiger partial charge in [-0.15, -0.1) is 0 Å². The summed E-state index contributed by atoms with van der Waals surface area (Å²) in [4.78, 5) is 13.5. The fourth-order valence-electron chi connectivity index (χ4n) is 3.77. The second-order valence-corrected chi connectivity index (χ2v) is 7.62. The van der Waals surface area contributed by atoms with E-state index in [0.717, 1.165) is 27.7 Å². The highest BCUT2D eigenvalue weighted by molar-refractivity contribution is 7.00. The van der Waals surface area contributed by atoms with Crippen LogP contribution in [0.15, 0.2) is 78.9 Å². The van der Waals surface area contributed by atoms with Crippen LogP contribution in [0, 0.1) is 0 Å². The summed E-state index contributed by atoms with van der Waals surface area (Å²) in [6.45, 7) is 2.19. The first-order valence-corrected chi connectivity index (χ1v) is 10.4. The number of rotatable bonds is 7. The van der Waals surface area contributed by atoms with Gasteiger partial charge in [0, 0.05) is 0 Å². The lowest BCUT2D eigenvalue weighted by atomic mass is 9.71. The van der Waals surface area contributed by atoms with Crippen LogP contribution in [0.3, 0.4) is 0 Å². The Morgan fingerprint density at radius 3 is 2.03 bits per heavy atom. The van der Waals surface area contributed by atoms with E-state index >= 15 is 0 Å². The van der Waals surface area contributed by atoms with Gasteiger partial charge < -0.3 is 4.74 Å². The normalized spacial score (nSPS) is 11.5. The van der Waals surface area contributed by atoms with Crippen LogP contribution in [0.25, 0.3) is 11.0 Å². The molecule has 0 amide bonds. The maximum Gasteiger partial charge on any atom is 0.317 e. The summed E-state index contributed by atoms with van der Waals surface area (Å²) in [5, 5.41) is 0. The molecule has 1 heterocycles. The van der Waals surface area contributed by atoms with Crippen molar-refractivity contribution in [1.82, 2.24) is 8.75 Å². The first-order chi connectivity index (χ1) is 14.2. The van der Waals surface area contributed by atoms with Crippen molar-refractivity contribution in [3.05, 3.63) is 95.6 Å². The van der Waals surface area contributed by atoms with Crippen LogP contribution >= 0.6 is 11.7 Å². The Kier molecular flexibility index (Phi) is 5.67. The zero-order chi connectivity index (χ0) is 20.1. The second kappa shape index (κ2) is 8.53. The van der Waals surface area contributed by atoms with E-state index in [9.17, 15) is 4.79 Å². The molecule has 0 saturated carbocycles. The van der Waals surface area contributed by atoms with Gasteiger partial charge in [-0.3, -0.25) is 4.79 Å². The molecule has 1 aromatic heterocycles. The van der Waals surface area contributed by atoms with Gasteiger partial charge in [0.2, 0.25) is 0 Å². The maximum absolute atomic E-state index is 13.5. The van der Waals surface area contributed by atoms with Crippen LogP contribution in [0.5, 0.6) is 0 Å². The van der Waals surface area contributed by atoms with Crippen molar-refractivity contribution in [2.75, 3.05) is 6.61 Å². The van der Waals surface area contributed by atoms with Gasteiger partial charge in [0.25, 0.3) is 0 Å². The van der Waals surface area contributed by atoms with E-state index in [2.05, 4.69) is 33.0 Å². The van der Waals surface area contributed by atoms with Crippen LogP contribution in [0.2, 0.25) is 0 Å². The van der Waals surface area contributed by atoms with Gasteiger partial charge in [0.05, 0.1) is 18.3 Å². The molecule has 0 radical (unpaired) electrons. The molecule has 0 unspecified atom stereocenters. The number of esters is 1. The highest BCUT2D eigenvalue weighted by Gasteiger charge is 2.42. The molecule has 0 saturated heterocycles. The van der Waals surface area contributed by atoms with E-state index in [1.807, 2.05) is 61.5 Å². The predicted octanol–water partition coefficient (Wildman–Crippen LogP) is 4.98. The molecule has 29 heavy (non-hydrogen) atoms. The van der Waals surface area contributed by atoms with Crippen molar-refractivity contribution in [2.24, 2.45) is 0 Å². The number of aromatic nitrogens is 2. The molecule has 0 bridgehead atoms. The van der Waals surface area contributed by atoms with Crippen molar-refractivity contribution < 1.29 is 9.53 Å². The molecular weight excluding hydrogens is 380 g/mol. The Bertz CT molecular complexity index is 1050. The summed E-state index contributed by atoms with van der Waals surface area (Å²) in [7, 11) is 0. The Morgan fingerprint density at radius 2 is 1.45 bits per heavy atom. The molecule has 146 valence electrons. The minimum atomic E-state index is -0.851. The van der Waals surface area contributed by atoms with E-state index in [-0.39, 0.29) is 5.97 Å². The summed E-state index contributed by atoms with van der Waals surface area (Å²) < 4.78 is 14.3. The summed E-state index contributed by atoms with van der Waals surface area (Å²) in [6, 6.07) is 26.1. The smallest absolute Gasteiger partial charge is 0.317 e. The van der Waals surface area contributed by atoms with Gasteiger partial charge >= 0.3 is 5.97 Å². The molecule has 0 atom stereocenters. The van der Waals surface area contributed by atoms with Crippen molar-refractivity contribution in [2.45, 2.75) is 25.2 Å². The standard InChI is InChI=1S/C24H22N2O2S/c1-2-28-23(27)24(16-18-9-5-3-6-10-18,17-19-11-7-4-8-12-19)20-13-14-21-22(15-20)26-29-25-21/h3-15H,2,16-17H2,1H3. The van der Waals surface area contributed by atoms with Gasteiger partial charge in [-0.2, -0.15) is 8.75 Å². The first-order valence-electron chi connectivity index (χ1n) is 9.69. The number of carbonyl (C=O) groups excluding carboxylic acids is 1. The lowest BCUT2D eigenvalue weighted by molar-refractivity contribution is -0.150. The molecule has 0 aliphatic carbocycles. The van der Waals surface area contributed by atoms with Crippen LogP contribution < -0.4 is 0 Å². The molecular formula is C24H22N2O2S. The Balaban J connectivity index is 1.88. The number of nitrogens with zero attached hydrogens (tertiary/aromatic N) is 2. The van der Waals surface area contributed by atoms with Crippen molar-refractivity contribution in [1.29, 1.82) is 0 Å². The van der Waals surface area contributed by atoms with E-state index < -0.39 is 5.41 Å². The number of fused-ring (bicyclic) bond motifs is 1. The van der Waals surface area contributed by atoms with Crippen LogP contribution in [0.4, 0.5) is 0 Å². The SMILES string of the molecule is CCOC(=O)C(Cc1ccccc1)(Cc1ccccc1)c1ccc2nsnc2c1. The topological polar surface area (TPSA) is 52.1 Å². The number of benzene rings is 3. The second-order valence-electron chi connectivity index (χ2n) is 7.10. The highest BCUT2D eigenvalue weighted by Crippen LogP contribution is 2.35. The maximum atomic E-state index is 13.5. The molecule has 0 fully saturated rings. The van der Waals surface area contributed by atoms with Gasteiger partial charge in [0.15, 0.2) is 0 Å². The van der Waals surface area contributed by atoms with E-state index in [1.54, 1.807) is 0 Å². The van der Waals surface area contributed by atoms with Gasteiger partial charge in [-0.1, -0.05) is 66.7 Å². The molecule has 0 aliphatic rings. The Morgan fingerprint density at radius 1 is 0.862 bits per heavy atom. The fraction of sp³-hybridized carbons (Fsp3) is 0.208. The summed E-state index contributed by atoms with van der Waals surface area (Å²) in [6.07, 6.45) is 1.09. The summed E-state index contributed by atoms with van der Waals surface area (Å²) >= 11 is 1.18. The molecule has 0 aliphatic heterocycles. The van der Waals surface area contributed by atoms with E-state index in [0.29, 0.717) is 19.4 Å². The highest BCUT2D eigenvalue weighted by atomic mass is 32.1. The number of hydrogen-bond acceptors (Lipinski definition) is 5. The molecule has 3 aromatic carbocycles. The molecule has 4 rings (SSSR count). The zero-order valence-electron chi connectivity index (χ0n) is 16.2. The van der Waals surface area contributed by atoms with Crippen LogP contribution in [-0.4, -0.2) is 21.3 Å². The van der Waals surface area contributed by atoms with E-state index in [4.69, 9.17) is 4.74 Å². The number of ether oxygens (including phenoxy) is 1. The van der Waals surface area contributed by atoms with Crippen molar-refractivity contribution in [3.8, 4) is 0 Å². The average molecular weight is 403 g/mol. The van der Waals surface area contributed by atoms with E-state index in [1.165, 1.54) is 11.7 Å². The molecule has 0 N–H and O–H groups in total.